The van der Waals surface area contributed by atoms with Crippen LogP contribution >= 0.6 is 0 Å². The minimum absolute atomic E-state index is 0.152. The van der Waals surface area contributed by atoms with Gasteiger partial charge in [0, 0.05) is 23.5 Å². The van der Waals surface area contributed by atoms with Crippen LogP contribution in [-0.2, 0) is 18.5 Å². The van der Waals surface area contributed by atoms with E-state index in [2.05, 4.69) is 0 Å². The predicted octanol–water partition coefficient (Wildman–Crippen LogP) is 7.49. The van der Waals surface area contributed by atoms with E-state index in [4.69, 9.17) is 20.9 Å². The summed E-state index contributed by atoms with van der Waals surface area (Å²) in [6, 6.07) is 6.10. The number of alkyl halides is 9. The largest absolute Gasteiger partial charge is 0.457 e. The fourth-order valence-electron chi connectivity index (χ4n) is 2.84. The molecule has 0 aromatic heterocycles. The molecular formula is C21H13F9N2O2. The van der Waals surface area contributed by atoms with Crippen LogP contribution < -0.4 is 20.9 Å². The first-order valence-electron chi connectivity index (χ1n) is 9.06. The number of hydrogen-bond donors (Lipinski definition) is 2. The first kappa shape index (κ1) is 24.9. The number of benzene rings is 3. The summed E-state index contributed by atoms with van der Waals surface area (Å²) in [6.07, 6.45) is -15.0. The molecule has 3 aromatic rings. The number of anilines is 2. The van der Waals surface area contributed by atoms with E-state index in [1.165, 1.54) is 0 Å². The molecule has 4 N–H and O–H groups in total. The van der Waals surface area contributed by atoms with Crippen molar-refractivity contribution in [2.24, 2.45) is 0 Å². The van der Waals surface area contributed by atoms with Crippen LogP contribution in [0.2, 0.25) is 0 Å². The van der Waals surface area contributed by atoms with Gasteiger partial charge in [-0.3, -0.25) is 0 Å². The van der Waals surface area contributed by atoms with Crippen LogP contribution in [0.15, 0.2) is 54.6 Å². The van der Waals surface area contributed by atoms with Crippen molar-refractivity contribution in [1.82, 2.24) is 0 Å². The van der Waals surface area contributed by atoms with E-state index in [0.717, 1.165) is 24.3 Å². The van der Waals surface area contributed by atoms with Crippen LogP contribution in [0.3, 0.4) is 0 Å². The van der Waals surface area contributed by atoms with Crippen LogP contribution in [-0.4, -0.2) is 0 Å². The van der Waals surface area contributed by atoms with Gasteiger partial charge < -0.3 is 20.9 Å². The normalized spacial score (nSPS) is 12.5. The number of ether oxygens (including phenoxy) is 2. The van der Waals surface area contributed by atoms with Crippen molar-refractivity contribution in [2.75, 3.05) is 11.5 Å². The van der Waals surface area contributed by atoms with Crippen molar-refractivity contribution in [3.63, 3.8) is 0 Å². The van der Waals surface area contributed by atoms with E-state index >= 15 is 0 Å². The summed E-state index contributed by atoms with van der Waals surface area (Å²) in [5, 5.41) is 0. The van der Waals surface area contributed by atoms with Gasteiger partial charge in [0.15, 0.2) is 0 Å². The number of nitrogen functional groups attached to an aromatic ring is 2. The van der Waals surface area contributed by atoms with Gasteiger partial charge in [0.2, 0.25) is 0 Å². The highest BCUT2D eigenvalue weighted by Crippen LogP contribution is 2.45. The molecule has 3 aromatic carbocycles. The molecule has 4 nitrogen and oxygen atoms in total. The van der Waals surface area contributed by atoms with Crippen molar-refractivity contribution in [2.45, 2.75) is 18.5 Å². The number of halogens is 9. The Bertz CT molecular complexity index is 1200. The lowest BCUT2D eigenvalue weighted by Gasteiger charge is -2.19. The molecular weight excluding hydrogens is 483 g/mol. The topological polar surface area (TPSA) is 70.5 Å². The maximum absolute atomic E-state index is 13.6. The third kappa shape index (κ3) is 5.58. The summed E-state index contributed by atoms with van der Waals surface area (Å²) in [4.78, 5) is 0. The van der Waals surface area contributed by atoms with Gasteiger partial charge in [0.1, 0.15) is 28.6 Å². The molecule has 0 fully saturated rings. The molecule has 0 amide bonds. The zero-order chi connectivity index (χ0) is 25.5. The Morgan fingerprint density at radius 1 is 0.471 bits per heavy atom. The smallest absolute Gasteiger partial charge is 0.420 e. The molecule has 3 rings (SSSR count). The lowest BCUT2D eigenvalue weighted by Crippen LogP contribution is -2.11. The standard InChI is InChI=1S/C21H13F9N2O2/c22-19(23,24)13-4-1-10(31)7-17(13)33-12-3-6-16(15(9-12)21(28,29)30)34-18-8-11(32)2-5-14(18)20(25,26)27/h1-9H,31-32H2. The van der Waals surface area contributed by atoms with E-state index in [1.807, 2.05) is 0 Å². The Labute approximate surface area is 185 Å². The van der Waals surface area contributed by atoms with Gasteiger partial charge in [-0.2, -0.15) is 39.5 Å². The van der Waals surface area contributed by atoms with E-state index in [-0.39, 0.29) is 17.4 Å². The predicted molar refractivity (Wildman–Crippen MR) is 103 cm³/mol. The van der Waals surface area contributed by atoms with E-state index in [0.29, 0.717) is 24.3 Å². The highest BCUT2D eigenvalue weighted by molar-refractivity contribution is 5.54. The van der Waals surface area contributed by atoms with E-state index < -0.39 is 58.2 Å². The second kappa shape index (κ2) is 8.54. The SMILES string of the molecule is Nc1ccc(C(F)(F)F)c(Oc2ccc(Oc3cc(N)ccc3C(F)(F)F)c(C(F)(F)F)c2)c1. The molecule has 0 unspecified atom stereocenters. The molecule has 0 heterocycles. The third-order valence-electron chi connectivity index (χ3n) is 4.33. The number of nitrogens with two attached hydrogens (primary N) is 2. The Hall–Kier alpha value is -3.77. The average molecular weight is 496 g/mol. The zero-order valence-electron chi connectivity index (χ0n) is 16.6. The van der Waals surface area contributed by atoms with Gasteiger partial charge in [-0.15, -0.1) is 0 Å². The Balaban J connectivity index is 2.06. The summed E-state index contributed by atoms with van der Waals surface area (Å²) in [5.74, 6) is -3.62. The summed E-state index contributed by atoms with van der Waals surface area (Å²) >= 11 is 0. The molecule has 0 aliphatic carbocycles. The molecule has 182 valence electrons. The molecule has 34 heavy (non-hydrogen) atoms. The quantitative estimate of drug-likeness (QED) is 0.290. The lowest BCUT2D eigenvalue weighted by atomic mass is 10.1. The van der Waals surface area contributed by atoms with Crippen molar-refractivity contribution >= 4 is 11.4 Å². The Kier molecular flexibility index (Phi) is 6.24. The van der Waals surface area contributed by atoms with Gasteiger partial charge >= 0.3 is 18.5 Å². The summed E-state index contributed by atoms with van der Waals surface area (Å²) in [5.41, 5.74) is 6.23. The number of rotatable bonds is 4. The molecule has 0 saturated heterocycles. The van der Waals surface area contributed by atoms with Crippen LogP contribution in [0.1, 0.15) is 16.7 Å². The molecule has 0 aliphatic rings. The molecule has 0 aliphatic heterocycles. The number of hydrogen-bond acceptors (Lipinski definition) is 4. The zero-order valence-corrected chi connectivity index (χ0v) is 16.6. The monoisotopic (exact) mass is 496 g/mol. The summed E-state index contributed by atoms with van der Waals surface area (Å²) in [7, 11) is 0. The first-order chi connectivity index (χ1) is 15.6. The first-order valence-corrected chi connectivity index (χ1v) is 9.06. The second-order valence-corrected chi connectivity index (χ2v) is 6.87. The molecule has 13 heteroatoms. The molecule has 0 saturated carbocycles. The van der Waals surface area contributed by atoms with Gasteiger partial charge in [-0.25, -0.2) is 0 Å². The van der Waals surface area contributed by atoms with Gasteiger partial charge in [0.25, 0.3) is 0 Å². The summed E-state index contributed by atoms with van der Waals surface area (Å²) < 4.78 is 130. The van der Waals surface area contributed by atoms with Gasteiger partial charge in [-0.1, -0.05) is 0 Å². The van der Waals surface area contributed by atoms with Crippen LogP contribution in [0.4, 0.5) is 50.9 Å². The summed E-state index contributed by atoms with van der Waals surface area (Å²) in [6.45, 7) is 0. The molecule has 0 atom stereocenters. The second-order valence-electron chi connectivity index (χ2n) is 6.87. The fourth-order valence-corrected chi connectivity index (χ4v) is 2.84. The van der Waals surface area contributed by atoms with E-state index in [1.54, 1.807) is 0 Å². The van der Waals surface area contributed by atoms with E-state index in [9.17, 15) is 39.5 Å². The average Bonchev–Trinajstić information content (AvgIpc) is 2.66. The van der Waals surface area contributed by atoms with Crippen molar-refractivity contribution in [3.05, 3.63) is 71.3 Å². The van der Waals surface area contributed by atoms with Gasteiger partial charge in [-0.05, 0) is 42.5 Å². The maximum atomic E-state index is 13.6. The highest BCUT2D eigenvalue weighted by Gasteiger charge is 2.38. The third-order valence-corrected chi connectivity index (χ3v) is 4.33. The maximum Gasteiger partial charge on any atom is 0.420 e. The van der Waals surface area contributed by atoms with Crippen molar-refractivity contribution in [3.8, 4) is 23.0 Å². The fraction of sp³-hybridized carbons (Fsp3) is 0.143. The minimum atomic E-state index is -5.17. The van der Waals surface area contributed by atoms with Crippen molar-refractivity contribution < 1.29 is 49.0 Å². The molecule has 0 bridgehead atoms. The minimum Gasteiger partial charge on any atom is -0.457 e. The molecule has 0 spiro atoms. The van der Waals surface area contributed by atoms with Crippen LogP contribution in [0, 0.1) is 0 Å². The van der Waals surface area contributed by atoms with Crippen molar-refractivity contribution in [1.29, 1.82) is 0 Å². The van der Waals surface area contributed by atoms with Gasteiger partial charge in [0.05, 0.1) is 11.1 Å². The van der Waals surface area contributed by atoms with Crippen LogP contribution in [0.5, 0.6) is 23.0 Å². The lowest BCUT2D eigenvalue weighted by molar-refractivity contribution is -0.140. The Morgan fingerprint density at radius 3 is 1.35 bits per heavy atom. The Morgan fingerprint density at radius 2 is 0.912 bits per heavy atom. The van der Waals surface area contributed by atoms with Crippen LogP contribution in [0.25, 0.3) is 0 Å². The molecule has 0 radical (unpaired) electrons. The highest BCUT2D eigenvalue weighted by atomic mass is 19.4.